The van der Waals surface area contributed by atoms with Gasteiger partial charge in [-0.15, -0.1) is 56.7 Å². The van der Waals surface area contributed by atoms with E-state index in [-0.39, 0.29) is 22.5 Å². The Morgan fingerprint density at radius 2 is 1.42 bits per heavy atom. The quantitative estimate of drug-likeness (QED) is 0.228. The van der Waals surface area contributed by atoms with Gasteiger partial charge in [-0.3, -0.25) is 9.59 Å². The number of nitrogens with zero attached hydrogens (tertiary/aromatic N) is 6. The van der Waals surface area contributed by atoms with Crippen LogP contribution in [0.3, 0.4) is 0 Å². The van der Waals surface area contributed by atoms with Gasteiger partial charge >= 0.3 is 0 Å². The van der Waals surface area contributed by atoms with Gasteiger partial charge in [-0.05, 0) is 63.8 Å². The van der Waals surface area contributed by atoms with Crippen LogP contribution in [-0.2, 0) is 18.7 Å². The summed E-state index contributed by atoms with van der Waals surface area (Å²) < 4.78 is 13.8. The number of rotatable bonds is 4. The lowest BCUT2D eigenvalue weighted by Crippen LogP contribution is -2.37. The van der Waals surface area contributed by atoms with Crippen LogP contribution in [0.4, 0.5) is 0 Å². The molecule has 5 aromatic heterocycles. The van der Waals surface area contributed by atoms with Crippen molar-refractivity contribution in [1.29, 1.82) is 10.5 Å². The summed E-state index contributed by atoms with van der Waals surface area (Å²) in [7, 11) is 0. The highest BCUT2D eigenvalue weighted by molar-refractivity contribution is 7.32. The molecule has 0 saturated heterocycles. The second-order valence-electron chi connectivity index (χ2n) is 11.2. The lowest BCUT2D eigenvalue weighted by atomic mass is 9.78. The monoisotopic (exact) mass is 724 g/mol. The fourth-order valence-corrected chi connectivity index (χ4v) is 12.5. The van der Waals surface area contributed by atoms with Crippen molar-refractivity contribution in [2.24, 2.45) is 0 Å². The Labute approximate surface area is 294 Å². The Kier molecular flexibility index (Phi) is 8.33. The van der Waals surface area contributed by atoms with Crippen LogP contribution in [0.1, 0.15) is 61.3 Å². The number of ether oxygens (including phenoxy) is 1. The summed E-state index contributed by atoms with van der Waals surface area (Å²) in [6.45, 7) is 19.2. The Morgan fingerprint density at radius 3 is 1.94 bits per heavy atom. The number of thiazole rings is 2. The van der Waals surface area contributed by atoms with Crippen molar-refractivity contribution >= 4 is 89.6 Å². The molecule has 2 aliphatic rings. The molecule has 238 valence electrons. The van der Waals surface area contributed by atoms with Crippen LogP contribution < -0.4 is 34.2 Å². The lowest BCUT2D eigenvalue weighted by Gasteiger charge is -2.40. The normalized spacial score (nSPS) is 16.8. The van der Waals surface area contributed by atoms with Gasteiger partial charge < -0.3 is 13.9 Å². The van der Waals surface area contributed by atoms with E-state index in [1.165, 1.54) is 31.8 Å². The average Bonchev–Trinajstić information content (AvgIpc) is 3.89. The smallest absolute Gasteiger partial charge is 0.294 e. The maximum absolute atomic E-state index is 13.3. The van der Waals surface area contributed by atoms with Crippen LogP contribution in [0, 0.1) is 35.8 Å². The summed E-state index contributed by atoms with van der Waals surface area (Å²) in [5.41, 5.74) is 0.101. The molecule has 7 rings (SSSR count). The molecule has 0 radical (unpaired) electrons. The summed E-state index contributed by atoms with van der Waals surface area (Å²) in [5.74, 6) is 0.866. The standard InChI is InChI=1S/C34H24N6O3S5/c1-5-39-30(41)24(47-32(39)21(16-35)37-3)14-18-12-20-27(44-18)29-26(43-34(20)10-8-7-9-11-34)28-23(46-29)13-19(45-28)15-25-31(42)40(6-2)33(48-25)22(17-36)38-4/h12-15H,5-11H2,1-2H3/b24-14-,25-15-,32-21-,33-22+. The molecule has 14 heteroatoms. The SMILES string of the molecule is [C-]#[N+]/C(C#N)=c1\s/c(=C\c2cc3c(s2)-c2sc4cc(/C=c5\s/c(=C(\C#N)[N+]#[C-])n(CC)c5=O)sc4c2OC32CCCCC2)c(=O)n1CC. The van der Waals surface area contributed by atoms with Crippen molar-refractivity contribution in [1.82, 2.24) is 9.13 Å². The Morgan fingerprint density at radius 1 is 0.854 bits per heavy atom. The average molecular weight is 725 g/mol. The molecule has 0 aromatic carbocycles. The van der Waals surface area contributed by atoms with Gasteiger partial charge in [0.2, 0.25) is 0 Å². The fourth-order valence-electron chi connectivity index (χ4n) is 6.40. The molecule has 1 aliphatic heterocycles. The number of thiophene rings is 3. The summed E-state index contributed by atoms with van der Waals surface area (Å²) in [4.78, 5) is 37.2. The predicted molar refractivity (Wildman–Crippen MR) is 194 cm³/mol. The molecule has 1 aliphatic carbocycles. The summed E-state index contributed by atoms with van der Waals surface area (Å²) in [5, 5.41) is 18.9. The Balaban J connectivity index is 1.39. The van der Waals surface area contributed by atoms with Crippen molar-refractivity contribution in [3.05, 3.63) is 89.4 Å². The molecule has 5 aromatic rings. The van der Waals surface area contributed by atoms with Gasteiger partial charge in [-0.25, -0.2) is 20.2 Å². The van der Waals surface area contributed by atoms with E-state index in [1.807, 2.05) is 38.1 Å². The molecular formula is C34H24N6O3S5. The molecule has 0 bridgehead atoms. The van der Waals surface area contributed by atoms with Gasteiger partial charge in [-0.2, -0.15) is 0 Å². The predicted octanol–water partition coefficient (Wildman–Crippen LogP) is 5.49. The third-order valence-corrected chi connectivity index (χ3v) is 14.4. The van der Waals surface area contributed by atoms with Crippen LogP contribution in [0.5, 0.6) is 5.75 Å². The van der Waals surface area contributed by atoms with Gasteiger partial charge in [0.25, 0.3) is 22.5 Å². The maximum Gasteiger partial charge on any atom is 0.294 e. The maximum atomic E-state index is 13.3. The van der Waals surface area contributed by atoms with Gasteiger partial charge in [0.15, 0.2) is 5.75 Å². The van der Waals surface area contributed by atoms with E-state index >= 15 is 0 Å². The third-order valence-electron chi connectivity index (χ3n) is 8.58. The minimum Gasteiger partial charge on any atom is -0.479 e. The van der Waals surface area contributed by atoms with Crippen molar-refractivity contribution in [3.8, 4) is 27.6 Å². The minimum absolute atomic E-state index is 0.0808. The molecule has 9 nitrogen and oxygen atoms in total. The first kappa shape index (κ1) is 32.0. The third kappa shape index (κ3) is 5.00. The summed E-state index contributed by atoms with van der Waals surface area (Å²) in [6.07, 6.45) is 8.76. The summed E-state index contributed by atoms with van der Waals surface area (Å²) >= 11 is 7.21. The Hall–Kier alpha value is -4.54. The number of aromatic nitrogens is 2. The topological polar surface area (TPSA) is 110 Å². The number of fused-ring (bicyclic) bond motifs is 6. The van der Waals surface area contributed by atoms with Gasteiger partial charge in [0, 0.05) is 28.4 Å². The fraction of sp³-hybridized carbons (Fsp3) is 0.294. The second kappa shape index (κ2) is 12.5. The Bertz CT molecular complexity index is 2680. The molecule has 0 atom stereocenters. The van der Waals surface area contributed by atoms with Crippen LogP contribution in [-0.4, -0.2) is 9.13 Å². The molecule has 1 spiro atoms. The van der Waals surface area contributed by atoms with E-state index in [4.69, 9.17) is 17.9 Å². The zero-order valence-electron chi connectivity index (χ0n) is 25.7. The second-order valence-corrected chi connectivity index (χ2v) is 16.5. The number of nitriles is 2. The molecule has 1 fully saturated rings. The highest BCUT2D eigenvalue weighted by Crippen LogP contribution is 2.60. The zero-order valence-corrected chi connectivity index (χ0v) is 29.8. The van der Waals surface area contributed by atoms with Gasteiger partial charge in [0.1, 0.15) is 14.9 Å². The minimum atomic E-state index is -0.470. The number of hydrogen-bond donors (Lipinski definition) is 0. The molecule has 6 heterocycles. The van der Waals surface area contributed by atoms with Gasteiger partial charge in [0.05, 0.1) is 53.5 Å². The van der Waals surface area contributed by atoms with Crippen molar-refractivity contribution in [3.63, 3.8) is 0 Å². The first-order chi connectivity index (χ1) is 23.3. The highest BCUT2D eigenvalue weighted by atomic mass is 32.1. The first-order valence-electron chi connectivity index (χ1n) is 15.2. The van der Waals surface area contributed by atoms with E-state index in [2.05, 4.69) is 21.8 Å². The van der Waals surface area contributed by atoms with Crippen LogP contribution >= 0.6 is 56.7 Å². The molecule has 1 saturated carbocycles. The van der Waals surface area contributed by atoms with E-state index in [1.54, 1.807) is 34.0 Å². The lowest BCUT2D eigenvalue weighted by molar-refractivity contribution is 0.0267. The molecule has 0 unspecified atom stereocenters. The van der Waals surface area contributed by atoms with E-state index in [0.717, 1.165) is 72.3 Å². The molecule has 0 N–H and O–H groups in total. The molecule has 0 amide bonds. The zero-order chi connectivity index (χ0) is 33.7. The molecular weight excluding hydrogens is 701 g/mol. The first-order valence-corrected chi connectivity index (χ1v) is 19.2. The van der Waals surface area contributed by atoms with Crippen molar-refractivity contribution in [2.45, 2.75) is 64.6 Å². The van der Waals surface area contributed by atoms with Gasteiger partial charge in [-0.1, -0.05) is 6.42 Å². The van der Waals surface area contributed by atoms with Crippen LogP contribution in [0.2, 0.25) is 0 Å². The highest BCUT2D eigenvalue weighted by Gasteiger charge is 2.44. The van der Waals surface area contributed by atoms with E-state index in [0.29, 0.717) is 31.5 Å². The van der Waals surface area contributed by atoms with Crippen LogP contribution in [0.25, 0.3) is 52.4 Å². The summed E-state index contributed by atoms with van der Waals surface area (Å²) in [6, 6.07) is 8.07. The number of hydrogen-bond acceptors (Lipinski definition) is 10. The molecule has 48 heavy (non-hydrogen) atoms. The van der Waals surface area contributed by atoms with Crippen molar-refractivity contribution in [2.75, 3.05) is 0 Å². The van der Waals surface area contributed by atoms with E-state index in [9.17, 15) is 20.1 Å². The largest absolute Gasteiger partial charge is 0.479 e. The van der Waals surface area contributed by atoms with Crippen molar-refractivity contribution < 1.29 is 4.74 Å². The van der Waals surface area contributed by atoms with E-state index < -0.39 is 5.60 Å². The van der Waals surface area contributed by atoms with Crippen LogP contribution in [0.15, 0.2) is 21.7 Å².